The number of hydrogen-bond acceptors (Lipinski definition) is 6. The zero-order chi connectivity index (χ0) is 13.0. The number of anilines is 1. The van der Waals surface area contributed by atoms with Crippen molar-refractivity contribution in [1.82, 2.24) is 9.97 Å². The molecule has 0 aliphatic rings. The Kier molecular flexibility index (Phi) is 3.65. The summed E-state index contributed by atoms with van der Waals surface area (Å²) < 4.78 is 5.56. The Morgan fingerprint density at radius 3 is 2.83 bits per heavy atom. The zero-order valence-electron chi connectivity index (χ0n) is 9.62. The van der Waals surface area contributed by atoms with Gasteiger partial charge in [0.15, 0.2) is 5.16 Å². The normalized spacial score (nSPS) is 9.78. The van der Waals surface area contributed by atoms with Gasteiger partial charge in [-0.1, -0.05) is 23.9 Å². The molecule has 0 spiro atoms. The fourth-order valence-corrected chi connectivity index (χ4v) is 1.70. The van der Waals surface area contributed by atoms with E-state index in [0.29, 0.717) is 28.2 Å². The summed E-state index contributed by atoms with van der Waals surface area (Å²) in [6.07, 6.45) is 1.85. The highest BCUT2D eigenvalue weighted by Crippen LogP contribution is 2.25. The first-order valence-corrected chi connectivity index (χ1v) is 6.31. The van der Waals surface area contributed by atoms with E-state index in [1.54, 1.807) is 24.3 Å². The first kappa shape index (κ1) is 12.2. The maximum atomic E-state index is 8.96. The van der Waals surface area contributed by atoms with Gasteiger partial charge >= 0.3 is 0 Å². The van der Waals surface area contributed by atoms with Crippen LogP contribution in [0, 0.1) is 11.3 Å². The summed E-state index contributed by atoms with van der Waals surface area (Å²) in [7, 11) is 0. The van der Waals surface area contributed by atoms with Gasteiger partial charge in [-0.3, -0.25) is 0 Å². The number of aromatic nitrogens is 2. The molecule has 2 rings (SSSR count). The topological polar surface area (TPSA) is 84.8 Å². The molecule has 0 bridgehead atoms. The van der Waals surface area contributed by atoms with Crippen LogP contribution < -0.4 is 10.5 Å². The van der Waals surface area contributed by atoms with Crippen molar-refractivity contribution in [3.8, 4) is 17.7 Å². The Hall–Kier alpha value is -2.26. The highest BCUT2D eigenvalue weighted by atomic mass is 32.2. The maximum absolute atomic E-state index is 8.96. The molecule has 2 aromatic rings. The summed E-state index contributed by atoms with van der Waals surface area (Å²) in [5, 5.41) is 9.49. The SMILES string of the molecule is CSc1nc(N)cc(Oc2ccccc2C#N)n1. The molecule has 0 fully saturated rings. The smallest absolute Gasteiger partial charge is 0.225 e. The third-order valence-electron chi connectivity index (χ3n) is 2.11. The number of nitrogens with zero attached hydrogens (tertiary/aromatic N) is 3. The molecule has 6 heteroatoms. The molecule has 90 valence electrons. The van der Waals surface area contributed by atoms with E-state index in [0.717, 1.165) is 0 Å². The lowest BCUT2D eigenvalue weighted by Crippen LogP contribution is -1.98. The molecule has 1 aromatic carbocycles. The number of benzene rings is 1. The van der Waals surface area contributed by atoms with E-state index in [4.69, 9.17) is 15.7 Å². The molecular formula is C12H10N4OS. The molecular weight excluding hydrogens is 248 g/mol. The van der Waals surface area contributed by atoms with Crippen molar-refractivity contribution in [2.75, 3.05) is 12.0 Å². The molecule has 0 unspecified atom stereocenters. The summed E-state index contributed by atoms with van der Waals surface area (Å²) in [5.41, 5.74) is 6.09. The van der Waals surface area contributed by atoms with Gasteiger partial charge in [0, 0.05) is 6.07 Å². The molecule has 0 saturated heterocycles. The average Bonchev–Trinajstić information content (AvgIpc) is 2.38. The maximum Gasteiger partial charge on any atom is 0.225 e. The molecule has 2 N–H and O–H groups in total. The van der Waals surface area contributed by atoms with Crippen LogP contribution in [0.4, 0.5) is 5.82 Å². The van der Waals surface area contributed by atoms with Gasteiger partial charge < -0.3 is 10.5 Å². The molecule has 1 aromatic heterocycles. The van der Waals surface area contributed by atoms with Crippen molar-refractivity contribution in [3.63, 3.8) is 0 Å². The number of para-hydroxylation sites is 1. The quantitative estimate of drug-likeness (QED) is 0.672. The lowest BCUT2D eigenvalue weighted by molar-refractivity contribution is 0.455. The molecule has 0 aliphatic heterocycles. The van der Waals surface area contributed by atoms with Crippen LogP contribution in [0.3, 0.4) is 0 Å². The van der Waals surface area contributed by atoms with Gasteiger partial charge in [0.2, 0.25) is 5.88 Å². The van der Waals surface area contributed by atoms with Gasteiger partial charge in [0.1, 0.15) is 17.6 Å². The Morgan fingerprint density at radius 1 is 1.33 bits per heavy atom. The van der Waals surface area contributed by atoms with Crippen molar-refractivity contribution in [2.24, 2.45) is 0 Å². The van der Waals surface area contributed by atoms with Crippen molar-refractivity contribution in [3.05, 3.63) is 35.9 Å². The minimum absolute atomic E-state index is 0.328. The van der Waals surface area contributed by atoms with Gasteiger partial charge in [-0.25, -0.2) is 4.98 Å². The van der Waals surface area contributed by atoms with E-state index in [-0.39, 0.29) is 0 Å². The van der Waals surface area contributed by atoms with Crippen LogP contribution in [0.15, 0.2) is 35.5 Å². The Bertz CT molecular complexity index is 609. The van der Waals surface area contributed by atoms with Crippen LogP contribution in [0.2, 0.25) is 0 Å². The molecule has 0 amide bonds. The number of thioether (sulfide) groups is 1. The third-order valence-corrected chi connectivity index (χ3v) is 2.65. The van der Waals surface area contributed by atoms with Crippen LogP contribution in [-0.2, 0) is 0 Å². The lowest BCUT2D eigenvalue weighted by Gasteiger charge is -2.07. The first-order valence-electron chi connectivity index (χ1n) is 5.08. The molecule has 0 saturated carbocycles. The van der Waals surface area contributed by atoms with Gasteiger partial charge in [-0.05, 0) is 18.4 Å². The third kappa shape index (κ3) is 2.70. The summed E-state index contributed by atoms with van der Waals surface area (Å²) in [6.45, 7) is 0. The fourth-order valence-electron chi connectivity index (χ4n) is 1.33. The first-order chi connectivity index (χ1) is 8.72. The second-order valence-corrected chi connectivity index (χ2v) is 4.10. The van der Waals surface area contributed by atoms with Gasteiger partial charge in [-0.15, -0.1) is 0 Å². The summed E-state index contributed by atoms with van der Waals surface area (Å²) in [4.78, 5) is 8.18. The number of rotatable bonds is 3. The average molecular weight is 258 g/mol. The van der Waals surface area contributed by atoms with E-state index < -0.39 is 0 Å². The molecule has 0 radical (unpaired) electrons. The highest BCUT2D eigenvalue weighted by Gasteiger charge is 2.07. The van der Waals surface area contributed by atoms with E-state index >= 15 is 0 Å². The van der Waals surface area contributed by atoms with Crippen LogP contribution in [-0.4, -0.2) is 16.2 Å². The number of nitrogen functional groups attached to an aromatic ring is 1. The second kappa shape index (κ2) is 5.38. The minimum Gasteiger partial charge on any atom is -0.437 e. The Morgan fingerprint density at radius 2 is 2.11 bits per heavy atom. The molecule has 0 atom stereocenters. The Labute approximate surface area is 109 Å². The molecule has 1 heterocycles. The molecule has 0 aliphatic carbocycles. The number of hydrogen-bond donors (Lipinski definition) is 1. The number of nitriles is 1. The monoisotopic (exact) mass is 258 g/mol. The molecule has 18 heavy (non-hydrogen) atoms. The number of nitrogens with two attached hydrogens (primary N) is 1. The second-order valence-electron chi connectivity index (χ2n) is 3.33. The van der Waals surface area contributed by atoms with Crippen molar-refractivity contribution < 1.29 is 4.74 Å². The van der Waals surface area contributed by atoms with Gasteiger partial charge in [0.25, 0.3) is 0 Å². The minimum atomic E-state index is 0.328. The van der Waals surface area contributed by atoms with Gasteiger partial charge in [-0.2, -0.15) is 10.2 Å². The summed E-state index contributed by atoms with van der Waals surface area (Å²) >= 11 is 1.37. The van der Waals surface area contributed by atoms with Crippen LogP contribution in [0.1, 0.15) is 5.56 Å². The van der Waals surface area contributed by atoms with Crippen molar-refractivity contribution in [2.45, 2.75) is 5.16 Å². The van der Waals surface area contributed by atoms with Gasteiger partial charge in [0.05, 0.1) is 5.56 Å². The van der Waals surface area contributed by atoms with Crippen LogP contribution in [0.5, 0.6) is 11.6 Å². The summed E-state index contributed by atoms with van der Waals surface area (Å²) in [6, 6.07) is 10.5. The van der Waals surface area contributed by atoms with E-state index in [1.807, 2.05) is 6.26 Å². The fraction of sp³-hybridized carbons (Fsp3) is 0.0833. The standard InChI is InChI=1S/C12H10N4OS/c1-18-12-15-10(14)6-11(16-12)17-9-5-3-2-4-8(9)7-13/h2-6H,1H3,(H2,14,15,16). The lowest BCUT2D eigenvalue weighted by atomic mass is 10.2. The number of ether oxygens (including phenoxy) is 1. The van der Waals surface area contributed by atoms with Crippen LogP contribution >= 0.6 is 11.8 Å². The van der Waals surface area contributed by atoms with Crippen LogP contribution in [0.25, 0.3) is 0 Å². The Balaban J connectivity index is 2.34. The molecule has 5 nitrogen and oxygen atoms in total. The van der Waals surface area contributed by atoms with E-state index in [9.17, 15) is 0 Å². The zero-order valence-corrected chi connectivity index (χ0v) is 10.4. The van der Waals surface area contributed by atoms with Crippen molar-refractivity contribution in [1.29, 1.82) is 5.26 Å². The largest absolute Gasteiger partial charge is 0.437 e. The highest BCUT2D eigenvalue weighted by molar-refractivity contribution is 7.98. The van der Waals surface area contributed by atoms with E-state index in [1.165, 1.54) is 17.8 Å². The summed E-state index contributed by atoms with van der Waals surface area (Å²) in [5.74, 6) is 1.11. The van der Waals surface area contributed by atoms with Crippen molar-refractivity contribution >= 4 is 17.6 Å². The predicted octanol–water partition coefficient (Wildman–Crippen LogP) is 2.44. The predicted molar refractivity (Wildman–Crippen MR) is 69.5 cm³/mol. The van der Waals surface area contributed by atoms with E-state index in [2.05, 4.69) is 16.0 Å².